The summed E-state index contributed by atoms with van der Waals surface area (Å²) in [6.45, 7) is 5.04. The Hall–Kier alpha value is -1.43. The third-order valence-electron chi connectivity index (χ3n) is 2.16. The molecule has 0 saturated carbocycles. The van der Waals surface area contributed by atoms with Gasteiger partial charge in [0.25, 0.3) is 6.43 Å². The summed E-state index contributed by atoms with van der Waals surface area (Å²) in [4.78, 5) is 1.84. The number of rotatable bonds is 5. The smallest absolute Gasteiger partial charge is 0.255 e. The lowest BCUT2D eigenvalue weighted by Crippen LogP contribution is -2.51. The molecule has 1 heterocycles. The van der Waals surface area contributed by atoms with E-state index in [9.17, 15) is 8.78 Å². The highest BCUT2D eigenvalue weighted by molar-refractivity contribution is 5.70. The Bertz CT molecular complexity index is 266. The first-order valence-electron chi connectivity index (χ1n) is 5.06. The highest BCUT2D eigenvalue weighted by Gasteiger charge is 2.24. The molecule has 0 amide bonds. The second-order valence-corrected chi connectivity index (χ2v) is 3.34. The highest BCUT2D eigenvalue weighted by atomic mass is 19.3. The first kappa shape index (κ1) is 12.6. The molecular weight excluding hydrogens is 214 g/mol. The van der Waals surface area contributed by atoms with Gasteiger partial charge in [0, 0.05) is 38.2 Å². The van der Waals surface area contributed by atoms with Crippen molar-refractivity contribution in [3.63, 3.8) is 0 Å². The first-order valence-corrected chi connectivity index (χ1v) is 5.06. The van der Waals surface area contributed by atoms with Gasteiger partial charge in [-0.1, -0.05) is 6.58 Å². The fraction of sp³-hybridized carbons (Fsp3) is 0.500. The summed E-state index contributed by atoms with van der Waals surface area (Å²) in [7, 11) is 0. The first-order chi connectivity index (χ1) is 7.74. The van der Waals surface area contributed by atoms with E-state index in [4.69, 9.17) is 0 Å². The predicted octanol–water partition coefficient (Wildman–Crippen LogP) is 0.758. The predicted molar refractivity (Wildman–Crippen MR) is 60.3 cm³/mol. The number of allylic oxidation sites excluding steroid dienone is 1. The molecule has 0 aromatic rings. The molecule has 4 nitrogen and oxygen atoms in total. The molecule has 1 unspecified atom stereocenters. The molecule has 90 valence electrons. The van der Waals surface area contributed by atoms with E-state index in [0.29, 0.717) is 13.1 Å². The Balaban J connectivity index is 2.33. The fourth-order valence-electron chi connectivity index (χ4n) is 1.41. The van der Waals surface area contributed by atoms with Gasteiger partial charge in [-0.3, -0.25) is 5.43 Å². The maximum absolute atomic E-state index is 12.4. The molecule has 0 radical (unpaired) electrons. The van der Waals surface area contributed by atoms with E-state index < -0.39 is 12.5 Å². The zero-order chi connectivity index (χ0) is 11.8. The quantitative estimate of drug-likeness (QED) is 0.541. The summed E-state index contributed by atoms with van der Waals surface area (Å²) in [6.07, 6.45) is 4.12. The van der Waals surface area contributed by atoms with E-state index in [-0.39, 0.29) is 0 Å². The fourth-order valence-corrected chi connectivity index (χ4v) is 1.41. The minimum absolute atomic E-state index is 0.316. The monoisotopic (exact) mass is 230 g/mol. The number of piperazine rings is 1. The zero-order valence-electron chi connectivity index (χ0n) is 8.94. The Morgan fingerprint density at radius 2 is 2.38 bits per heavy atom. The Morgan fingerprint density at radius 3 is 3.06 bits per heavy atom. The van der Waals surface area contributed by atoms with Crippen molar-refractivity contribution in [3.05, 3.63) is 25.1 Å². The van der Waals surface area contributed by atoms with Gasteiger partial charge >= 0.3 is 0 Å². The van der Waals surface area contributed by atoms with Crippen LogP contribution in [0.25, 0.3) is 0 Å². The van der Waals surface area contributed by atoms with Crippen LogP contribution in [0.1, 0.15) is 0 Å². The van der Waals surface area contributed by atoms with Crippen molar-refractivity contribution in [1.82, 2.24) is 15.6 Å². The van der Waals surface area contributed by atoms with Gasteiger partial charge in [-0.25, -0.2) is 8.78 Å². The zero-order valence-corrected chi connectivity index (χ0v) is 8.94. The lowest BCUT2D eigenvalue weighted by atomic mass is 10.2. The van der Waals surface area contributed by atoms with Crippen LogP contribution in [0.5, 0.6) is 0 Å². The molecule has 0 aliphatic carbocycles. The Kier molecular flexibility index (Phi) is 5.49. The molecule has 1 atom stereocenters. The van der Waals surface area contributed by atoms with Crippen LogP contribution in [0, 0.1) is 0 Å². The van der Waals surface area contributed by atoms with E-state index in [1.165, 1.54) is 6.20 Å². The Labute approximate surface area is 93.7 Å². The topological polar surface area (TPSA) is 39.7 Å². The standard InChI is InChI=1S/C10H16F2N4/c1-2-14-15-4-3-6-16-7-5-13-9(8-16)10(11)12/h2-4,6,9-10,13-14H,1,5,7-8H2/b6-3+,15-4-. The molecular formula is C10H16F2N4. The molecule has 1 aliphatic rings. The minimum atomic E-state index is -2.33. The van der Waals surface area contributed by atoms with Crippen LogP contribution in [-0.4, -0.2) is 43.2 Å². The number of halogens is 2. The molecule has 0 spiro atoms. The SMILES string of the molecule is C=CN/N=C\C=C\N1CCNC(C(F)F)C1. The average Bonchev–Trinajstić information content (AvgIpc) is 2.29. The van der Waals surface area contributed by atoms with E-state index in [0.717, 1.165) is 6.54 Å². The molecule has 0 bridgehead atoms. The molecule has 16 heavy (non-hydrogen) atoms. The van der Waals surface area contributed by atoms with Gasteiger partial charge in [-0.2, -0.15) is 5.10 Å². The summed E-state index contributed by atoms with van der Waals surface area (Å²) < 4.78 is 24.8. The maximum atomic E-state index is 12.4. The van der Waals surface area contributed by atoms with Gasteiger partial charge in [0.1, 0.15) is 0 Å². The molecule has 2 N–H and O–H groups in total. The van der Waals surface area contributed by atoms with E-state index >= 15 is 0 Å². The molecule has 0 aromatic heterocycles. The summed E-state index contributed by atoms with van der Waals surface area (Å²) in [5.41, 5.74) is 2.54. The van der Waals surface area contributed by atoms with Crippen molar-refractivity contribution in [2.75, 3.05) is 19.6 Å². The van der Waals surface area contributed by atoms with Crippen molar-refractivity contribution < 1.29 is 8.78 Å². The number of hydrogen-bond donors (Lipinski definition) is 2. The van der Waals surface area contributed by atoms with Crippen LogP contribution in [0.15, 0.2) is 30.2 Å². The lowest BCUT2D eigenvalue weighted by Gasteiger charge is -2.32. The molecule has 0 aromatic carbocycles. The van der Waals surface area contributed by atoms with Crippen LogP contribution in [0.4, 0.5) is 8.78 Å². The third kappa shape index (κ3) is 4.39. The number of nitrogens with one attached hydrogen (secondary N) is 2. The summed E-state index contributed by atoms with van der Waals surface area (Å²) in [6, 6.07) is -0.748. The number of hydrazone groups is 1. The van der Waals surface area contributed by atoms with E-state index in [1.54, 1.807) is 18.5 Å². The van der Waals surface area contributed by atoms with E-state index in [2.05, 4.69) is 22.4 Å². The molecule has 1 fully saturated rings. The van der Waals surface area contributed by atoms with Crippen molar-refractivity contribution in [1.29, 1.82) is 0 Å². The van der Waals surface area contributed by atoms with Crippen LogP contribution in [0.2, 0.25) is 0 Å². The van der Waals surface area contributed by atoms with Crippen LogP contribution in [0.3, 0.4) is 0 Å². The molecule has 1 rings (SSSR count). The number of hydrogen-bond acceptors (Lipinski definition) is 4. The van der Waals surface area contributed by atoms with Gasteiger partial charge in [-0.05, 0) is 6.08 Å². The van der Waals surface area contributed by atoms with Gasteiger partial charge in [-0.15, -0.1) is 0 Å². The maximum Gasteiger partial charge on any atom is 0.255 e. The van der Waals surface area contributed by atoms with Crippen molar-refractivity contribution in [3.8, 4) is 0 Å². The van der Waals surface area contributed by atoms with Gasteiger partial charge in [0.2, 0.25) is 0 Å². The number of nitrogens with zero attached hydrogens (tertiary/aromatic N) is 2. The van der Waals surface area contributed by atoms with Crippen molar-refractivity contribution in [2.24, 2.45) is 5.10 Å². The Morgan fingerprint density at radius 1 is 1.56 bits per heavy atom. The number of alkyl halides is 2. The largest absolute Gasteiger partial charge is 0.374 e. The molecule has 6 heteroatoms. The van der Waals surface area contributed by atoms with Gasteiger partial charge in [0.05, 0.1) is 6.04 Å². The lowest BCUT2D eigenvalue weighted by molar-refractivity contribution is 0.0693. The normalized spacial score (nSPS) is 22.2. The molecule has 1 saturated heterocycles. The van der Waals surface area contributed by atoms with Crippen LogP contribution < -0.4 is 10.7 Å². The van der Waals surface area contributed by atoms with E-state index in [1.807, 2.05) is 4.90 Å². The second kappa shape index (κ2) is 6.95. The van der Waals surface area contributed by atoms with Crippen LogP contribution >= 0.6 is 0 Å². The summed E-state index contributed by atoms with van der Waals surface area (Å²) in [5, 5.41) is 6.53. The molecule has 1 aliphatic heterocycles. The second-order valence-electron chi connectivity index (χ2n) is 3.34. The van der Waals surface area contributed by atoms with Crippen molar-refractivity contribution >= 4 is 6.21 Å². The highest BCUT2D eigenvalue weighted by Crippen LogP contribution is 2.07. The minimum Gasteiger partial charge on any atom is -0.374 e. The summed E-state index contributed by atoms with van der Waals surface area (Å²) >= 11 is 0. The van der Waals surface area contributed by atoms with Crippen LogP contribution in [-0.2, 0) is 0 Å². The van der Waals surface area contributed by atoms with Gasteiger partial charge in [0.15, 0.2) is 0 Å². The summed E-state index contributed by atoms with van der Waals surface area (Å²) in [5.74, 6) is 0. The average molecular weight is 230 g/mol. The third-order valence-corrected chi connectivity index (χ3v) is 2.16. The van der Waals surface area contributed by atoms with Crippen molar-refractivity contribution in [2.45, 2.75) is 12.5 Å². The van der Waals surface area contributed by atoms with Gasteiger partial charge < -0.3 is 10.2 Å².